The molecule has 0 spiro atoms. The summed E-state index contributed by atoms with van der Waals surface area (Å²) in [6.07, 6.45) is 6.75. The van der Waals surface area contributed by atoms with Crippen LogP contribution < -0.4 is 10.6 Å². The summed E-state index contributed by atoms with van der Waals surface area (Å²) in [6.45, 7) is 1.000. The second-order valence-corrected chi connectivity index (χ2v) is 7.06. The van der Waals surface area contributed by atoms with Crippen molar-refractivity contribution in [3.05, 3.63) is 65.0 Å². The van der Waals surface area contributed by atoms with Crippen molar-refractivity contribution in [2.45, 2.75) is 58.0 Å². The van der Waals surface area contributed by atoms with Crippen molar-refractivity contribution in [2.75, 3.05) is 0 Å². The van der Waals surface area contributed by atoms with E-state index < -0.39 is 0 Å². The molecular formula is C22H27N3O2. The summed E-state index contributed by atoms with van der Waals surface area (Å²) in [5.41, 5.74) is 3.51. The van der Waals surface area contributed by atoms with E-state index in [1.54, 1.807) is 6.07 Å². The molecule has 4 rings (SSSR count). The van der Waals surface area contributed by atoms with Gasteiger partial charge >= 0.3 is 0 Å². The number of rotatable bonds is 0. The van der Waals surface area contributed by atoms with E-state index in [4.69, 9.17) is 0 Å². The number of pyridine rings is 1. The zero-order chi connectivity index (χ0) is 18.9. The Morgan fingerprint density at radius 1 is 0.704 bits per heavy atom. The van der Waals surface area contributed by atoms with Crippen molar-refractivity contribution in [1.29, 1.82) is 0 Å². The van der Waals surface area contributed by atoms with Gasteiger partial charge in [0.25, 0.3) is 5.91 Å². The highest BCUT2D eigenvalue weighted by molar-refractivity contribution is 5.92. The van der Waals surface area contributed by atoms with E-state index in [1.165, 1.54) is 0 Å². The van der Waals surface area contributed by atoms with Crippen LogP contribution in [0.25, 0.3) is 0 Å². The molecule has 0 saturated heterocycles. The van der Waals surface area contributed by atoms with Gasteiger partial charge in [0.05, 0.1) is 0 Å². The van der Waals surface area contributed by atoms with E-state index in [0.717, 1.165) is 55.3 Å². The molecule has 1 aromatic heterocycles. The molecule has 2 aliphatic rings. The Bertz CT molecular complexity index is 771. The first kappa shape index (κ1) is 19.1. The van der Waals surface area contributed by atoms with E-state index in [2.05, 4.69) is 15.6 Å². The van der Waals surface area contributed by atoms with Gasteiger partial charge in [-0.1, -0.05) is 49.6 Å². The lowest BCUT2D eigenvalue weighted by Gasteiger charge is -2.09. The van der Waals surface area contributed by atoms with Gasteiger partial charge in [-0.25, -0.2) is 4.98 Å². The van der Waals surface area contributed by atoms with Gasteiger partial charge < -0.3 is 10.6 Å². The summed E-state index contributed by atoms with van der Waals surface area (Å²) in [4.78, 5) is 28.8. The van der Waals surface area contributed by atoms with Gasteiger partial charge in [0.15, 0.2) is 0 Å². The predicted molar refractivity (Wildman–Crippen MR) is 105 cm³/mol. The highest BCUT2D eigenvalue weighted by Crippen LogP contribution is 2.11. The molecule has 0 atom stereocenters. The molecule has 1 aromatic carbocycles. The molecule has 142 valence electrons. The van der Waals surface area contributed by atoms with E-state index in [1.807, 2.05) is 36.4 Å². The maximum atomic E-state index is 12.4. The standard InChI is InChI=1S/C22H27N3O2/c26-21-10-5-3-1-2-4-7-19-8-6-9-20(25-19)22(27)24-16-18-13-11-17(12-14-18)15-23-21/h6,8-9,11-14H,1-5,7,10,15-16H2,(H,23,26)(H,24,27). The fourth-order valence-electron chi connectivity index (χ4n) is 3.20. The molecule has 0 fully saturated rings. The van der Waals surface area contributed by atoms with Crippen molar-refractivity contribution >= 4 is 11.8 Å². The van der Waals surface area contributed by atoms with Crippen LogP contribution in [0.15, 0.2) is 42.5 Å². The SMILES string of the molecule is O=C1CCCCCCCc2cccc(n2)C(=O)NCc2ccc(cc2)CN1. The molecule has 27 heavy (non-hydrogen) atoms. The molecule has 0 aliphatic carbocycles. The zero-order valence-electron chi connectivity index (χ0n) is 15.7. The molecule has 2 aliphatic heterocycles. The fourth-order valence-corrected chi connectivity index (χ4v) is 3.20. The van der Waals surface area contributed by atoms with Gasteiger partial charge in [-0.3, -0.25) is 9.59 Å². The minimum atomic E-state index is -0.150. The third-order valence-corrected chi connectivity index (χ3v) is 4.84. The van der Waals surface area contributed by atoms with Crippen LogP contribution in [-0.4, -0.2) is 16.8 Å². The average molecular weight is 365 g/mol. The van der Waals surface area contributed by atoms with Gasteiger partial charge in [-0.2, -0.15) is 0 Å². The minimum absolute atomic E-state index is 0.113. The van der Waals surface area contributed by atoms with Crippen LogP contribution >= 0.6 is 0 Å². The molecular weight excluding hydrogens is 338 g/mol. The van der Waals surface area contributed by atoms with Crippen LogP contribution in [0.4, 0.5) is 0 Å². The number of aryl methyl sites for hydroxylation is 1. The molecule has 2 N–H and O–H groups in total. The van der Waals surface area contributed by atoms with Crippen molar-refractivity contribution in [1.82, 2.24) is 15.6 Å². The summed E-state index contributed by atoms with van der Waals surface area (Å²) in [7, 11) is 0. The number of hydrogen-bond donors (Lipinski definition) is 2. The quantitative estimate of drug-likeness (QED) is 0.750. The van der Waals surface area contributed by atoms with Crippen LogP contribution in [0, 0.1) is 0 Å². The largest absolute Gasteiger partial charge is 0.352 e. The van der Waals surface area contributed by atoms with Crippen LogP contribution in [0.3, 0.4) is 0 Å². The number of nitrogens with zero attached hydrogens (tertiary/aromatic N) is 1. The van der Waals surface area contributed by atoms with Crippen molar-refractivity contribution in [3.8, 4) is 0 Å². The van der Waals surface area contributed by atoms with E-state index >= 15 is 0 Å². The first-order valence-corrected chi connectivity index (χ1v) is 9.79. The number of benzene rings is 1. The molecule has 0 unspecified atom stereocenters. The van der Waals surface area contributed by atoms with Crippen LogP contribution in [0.2, 0.25) is 0 Å². The second-order valence-electron chi connectivity index (χ2n) is 7.06. The summed E-state index contributed by atoms with van der Waals surface area (Å²) < 4.78 is 0. The Balaban J connectivity index is 1.68. The Hall–Kier alpha value is -2.69. The van der Waals surface area contributed by atoms with Crippen molar-refractivity contribution in [2.24, 2.45) is 0 Å². The highest BCUT2D eigenvalue weighted by Gasteiger charge is 2.08. The van der Waals surface area contributed by atoms with Gasteiger partial charge in [0.2, 0.25) is 5.91 Å². The minimum Gasteiger partial charge on any atom is -0.352 e. The Morgan fingerprint density at radius 2 is 1.33 bits per heavy atom. The molecule has 4 bridgehead atoms. The lowest BCUT2D eigenvalue weighted by molar-refractivity contribution is -0.121. The summed E-state index contributed by atoms with van der Waals surface area (Å²) >= 11 is 0. The van der Waals surface area contributed by atoms with Crippen molar-refractivity contribution in [3.63, 3.8) is 0 Å². The summed E-state index contributed by atoms with van der Waals surface area (Å²) in [5, 5.41) is 5.90. The molecule has 2 amide bonds. The average Bonchev–Trinajstić information content (AvgIpc) is 2.70. The van der Waals surface area contributed by atoms with Crippen LogP contribution in [0.5, 0.6) is 0 Å². The molecule has 0 saturated carbocycles. The van der Waals surface area contributed by atoms with Gasteiger partial charge in [-0.05, 0) is 42.5 Å². The fraction of sp³-hybridized carbons (Fsp3) is 0.409. The molecule has 3 heterocycles. The van der Waals surface area contributed by atoms with Gasteiger partial charge in [0.1, 0.15) is 5.69 Å². The normalized spacial score (nSPS) is 17.0. The number of fused-ring (bicyclic) bond motifs is 13. The van der Waals surface area contributed by atoms with Gasteiger partial charge in [0, 0.05) is 25.2 Å². The molecule has 0 radical (unpaired) electrons. The monoisotopic (exact) mass is 365 g/mol. The number of carbonyl (C=O) groups excluding carboxylic acids is 2. The molecule has 5 heteroatoms. The van der Waals surface area contributed by atoms with E-state index in [0.29, 0.717) is 25.2 Å². The van der Waals surface area contributed by atoms with E-state index in [-0.39, 0.29) is 11.8 Å². The number of carbonyl (C=O) groups is 2. The lowest BCUT2D eigenvalue weighted by Crippen LogP contribution is -2.24. The maximum Gasteiger partial charge on any atom is 0.270 e. The number of hydrogen-bond acceptors (Lipinski definition) is 3. The number of nitrogens with one attached hydrogen (secondary N) is 2. The maximum absolute atomic E-state index is 12.4. The highest BCUT2D eigenvalue weighted by atomic mass is 16.2. The topological polar surface area (TPSA) is 71.1 Å². The Morgan fingerprint density at radius 3 is 2.07 bits per heavy atom. The predicted octanol–water partition coefficient (Wildman–Crippen LogP) is 3.52. The second kappa shape index (κ2) is 9.86. The van der Waals surface area contributed by atoms with Gasteiger partial charge in [-0.15, -0.1) is 0 Å². The third-order valence-electron chi connectivity index (χ3n) is 4.84. The summed E-state index contributed by atoms with van der Waals surface area (Å²) in [6, 6.07) is 13.6. The number of aromatic nitrogens is 1. The third kappa shape index (κ3) is 6.20. The zero-order valence-corrected chi connectivity index (χ0v) is 15.7. The number of amides is 2. The Labute approximate surface area is 160 Å². The van der Waals surface area contributed by atoms with Crippen molar-refractivity contribution < 1.29 is 9.59 Å². The first-order valence-electron chi connectivity index (χ1n) is 9.79. The Kier molecular flexibility index (Phi) is 6.97. The van der Waals surface area contributed by atoms with Crippen LogP contribution in [-0.2, 0) is 24.3 Å². The smallest absolute Gasteiger partial charge is 0.270 e. The van der Waals surface area contributed by atoms with Crippen LogP contribution in [0.1, 0.15) is 65.8 Å². The molecule has 2 aromatic rings. The lowest BCUT2D eigenvalue weighted by atomic mass is 10.1. The van der Waals surface area contributed by atoms with E-state index in [9.17, 15) is 9.59 Å². The molecule has 5 nitrogen and oxygen atoms in total. The summed E-state index contributed by atoms with van der Waals surface area (Å²) in [5.74, 6) is -0.0376. The first-order chi connectivity index (χ1) is 13.2.